The van der Waals surface area contributed by atoms with Gasteiger partial charge in [0, 0.05) is 0 Å². The molecule has 2 atom stereocenters. The highest BCUT2D eigenvalue weighted by Crippen LogP contribution is 2.12. The van der Waals surface area contributed by atoms with Crippen LogP contribution in [0, 0.1) is 11.8 Å². The third-order valence-corrected chi connectivity index (χ3v) is 2.04. The highest BCUT2D eigenvalue weighted by molar-refractivity contribution is 5.72. The zero-order chi connectivity index (χ0) is 11.1. The summed E-state index contributed by atoms with van der Waals surface area (Å²) >= 11 is 0. The Labute approximate surface area is 87.3 Å². The summed E-state index contributed by atoms with van der Waals surface area (Å²) in [5.74, 6) is 0.382. The molecule has 0 aliphatic heterocycles. The molecular formula is C12H22O2. The van der Waals surface area contributed by atoms with E-state index >= 15 is 0 Å². The second-order valence-corrected chi connectivity index (χ2v) is 4.30. The maximum Gasteiger partial charge on any atom is 0.309 e. The van der Waals surface area contributed by atoms with Gasteiger partial charge in [0.1, 0.15) is 0 Å². The van der Waals surface area contributed by atoms with Crippen LogP contribution in [0.4, 0.5) is 0 Å². The summed E-state index contributed by atoms with van der Waals surface area (Å²) in [6.45, 7) is 11.7. The van der Waals surface area contributed by atoms with E-state index in [0.29, 0.717) is 12.3 Å². The van der Waals surface area contributed by atoms with Crippen LogP contribution in [0.3, 0.4) is 0 Å². The molecule has 0 aliphatic carbocycles. The first-order valence-corrected chi connectivity index (χ1v) is 5.28. The van der Waals surface area contributed by atoms with E-state index in [0.717, 1.165) is 6.42 Å². The Morgan fingerprint density at radius 3 is 2.36 bits per heavy atom. The van der Waals surface area contributed by atoms with Crippen molar-refractivity contribution in [3.8, 4) is 0 Å². The van der Waals surface area contributed by atoms with E-state index in [4.69, 9.17) is 4.74 Å². The number of hydrogen-bond donors (Lipinski definition) is 0. The van der Waals surface area contributed by atoms with Crippen molar-refractivity contribution < 1.29 is 9.53 Å². The Balaban J connectivity index is 3.86. The van der Waals surface area contributed by atoms with E-state index in [1.165, 1.54) is 0 Å². The quantitative estimate of drug-likeness (QED) is 0.484. The highest BCUT2D eigenvalue weighted by Gasteiger charge is 2.16. The molecule has 0 rings (SSSR count). The third kappa shape index (κ3) is 5.79. The van der Waals surface area contributed by atoms with E-state index < -0.39 is 0 Å². The average Bonchev–Trinajstić information content (AvgIpc) is 2.02. The smallest absolute Gasteiger partial charge is 0.309 e. The van der Waals surface area contributed by atoms with Gasteiger partial charge in [-0.3, -0.25) is 4.79 Å². The second-order valence-electron chi connectivity index (χ2n) is 4.30. The standard InChI is InChI=1S/C12H22O2/c1-6-7-10(4)12(13)14-11(5)8-9(2)3/h6,9-11H,1,7-8H2,2-5H3. The number of carbonyl (C=O) groups is 1. The minimum absolute atomic E-state index is 0.0229. The molecular weight excluding hydrogens is 176 g/mol. The monoisotopic (exact) mass is 198 g/mol. The van der Waals surface area contributed by atoms with E-state index in [1.807, 2.05) is 13.8 Å². The van der Waals surface area contributed by atoms with Crippen LogP contribution in [0.2, 0.25) is 0 Å². The van der Waals surface area contributed by atoms with Crippen LogP contribution in [-0.4, -0.2) is 12.1 Å². The van der Waals surface area contributed by atoms with E-state index in [-0.39, 0.29) is 18.0 Å². The number of ether oxygens (including phenoxy) is 1. The summed E-state index contributed by atoms with van der Waals surface area (Å²) in [5.41, 5.74) is 0. The summed E-state index contributed by atoms with van der Waals surface area (Å²) in [7, 11) is 0. The molecule has 82 valence electrons. The molecule has 0 aliphatic rings. The zero-order valence-corrected chi connectivity index (χ0v) is 9.75. The lowest BCUT2D eigenvalue weighted by Gasteiger charge is -2.17. The SMILES string of the molecule is C=CCC(C)C(=O)OC(C)CC(C)C. The molecule has 0 fully saturated rings. The van der Waals surface area contributed by atoms with Gasteiger partial charge < -0.3 is 4.74 Å². The van der Waals surface area contributed by atoms with E-state index in [9.17, 15) is 4.79 Å². The fraction of sp³-hybridized carbons (Fsp3) is 0.750. The molecule has 0 bridgehead atoms. The Morgan fingerprint density at radius 1 is 1.36 bits per heavy atom. The van der Waals surface area contributed by atoms with E-state index in [2.05, 4.69) is 20.4 Å². The fourth-order valence-electron chi connectivity index (χ4n) is 1.37. The van der Waals surface area contributed by atoms with E-state index in [1.54, 1.807) is 6.08 Å². The molecule has 2 nitrogen and oxygen atoms in total. The van der Waals surface area contributed by atoms with Gasteiger partial charge >= 0.3 is 5.97 Å². The molecule has 2 unspecified atom stereocenters. The molecule has 0 amide bonds. The van der Waals surface area contributed by atoms with Gasteiger partial charge in [0.15, 0.2) is 0 Å². The Bertz CT molecular complexity index is 185. The van der Waals surface area contributed by atoms with Crippen molar-refractivity contribution in [3.05, 3.63) is 12.7 Å². The molecule has 0 spiro atoms. The molecule has 0 aromatic carbocycles. The predicted octanol–water partition coefficient (Wildman–Crippen LogP) is 3.18. The summed E-state index contributed by atoms with van der Waals surface area (Å²) in [6.07, 6.45) is 3.38. The van der Waals surface area contributed by atoms with Crippen LogP contribution < -0.4 is 0 Å². The Kier molecular flexibility index (Phi) is 6.26. The minimum Gasteiger partial charge on any atom is -0.462 e. The third-order valence-electron chi connectivity index (χ3n) is 2.04. The number of esters is 1. The molecule has 0 radical (unpaired) electrons. The lowest BCUT2D eigenvalue weighted by atomic mass is 10.1. The molecule has 14 heavy (non-hydrogen) atoms. The first-order chi connectivity index (χ1) is 6.47. The van der Waals surface area contributed by atoms with Gasteiger partial charge in [0.05, 0.1) is 12.0 Å². The number of carbonyl (C=O) groups excluding carboxylic acids is 1. The van der Waals surface area contributed by atoms with Crippen LogP contribution >= 0.6 is 0 Å². The van der Waals surface area contributed by atoms with Crippen LogP contribution in [0.1, 0.15) is 40.5 Å². The minimum atomic E-state index is -0.113. The molecule has 0 N–H and O–H groups in total. The Morgan fingerprint density at radius 2 is 1.93 bits per heavy atom. The van der Waals surface area contributed by atoms with Crippen molar-refractivity contribution in [2.75, 3.05) is 0 Å². The van der Waals surface area contributed by atoms with Crippen LogP contribution in [0.25, 0.3) is 0 Å². The lowest BCUT2D eigenvalue weighted by Crippen LogP contribution is -2.21. The number of allylic oxidation sites excluding steroid dienone is 1. The largest absolute Gasteiger partial charge is 0.462 e. The number of hydrogen-bond acceptors (Lipinski definition) is 2. The van der Waals surface area contributed by atoms with Crippen molar-refractivity contribution >= 4 is 5.97 Å². The zero-order valence-electron chi connectivity index (χ0n) is 9.75. The summed E-state index contributed by atoms with van der Waals surface area (Å²) in [5, 5.41) is 0. The van der Waals surface area contributed by atoms with Crippen LogP contribution in [-0.2, 0) is 9.53 Å². The van der Waals surface area contributed by atoms with Gasteiger partial charge in [0.25, 0.3) is 0 Å². The van der Waals surface area contributed by atoms with Crippen molar-refractivity contribution in [2.45, 2.75) is 46.6 Å². The first-order valence-electron chi connectivity index (χ1n) is 5.28. The van der Waals surface area contributed by atoms with Crippen molar-refractivity contribution in [3.63, 3.8) is 0 Å². The van der Waals surface area contributed by atoms with Crippen molar-refractivity contribution in [2.24, 2.45) is 11.8 Å². The normalized spacial score (nSPS) is 14.9. The van der Waals surface area contributed by atoms with Gasteiger partial charge in [-0.05, 0) is 25.7 Å². The average molecular weight is 198 g/mol. The van der Waals surface area contributed by atoms with Crippen molar-refractivity contribution in [1.29, 1.82) is 0 Å². The summed E-state index contributed by atoms with van der Waals surface area (Å²) in [6, 6.07) is 0. The second kappa shape index (κ2) is 6.63. The highest BCUT2D eigenvalue weighted by atomic mass is 16.5. The summed E-state index contributed by atoms with van der Waals surface area (Å²) < 4.78 is 5.29. The van der Waals surface area contributed by atoms with Crippen LogP contribution in [0.5, 0.6) is 0 Å². The predicted molar refractivity (Wildman–Crippen MR) is 59.0 cm³/mol. The maximum atomic E-state index is 11.5. The molecule has 0 aromatic heterocycles. The topological polar surface area (TPSA) is 26.3 Å². The van der Waals surface area contributed by atoms with Gasteiger partial charge in [-0.2, -0.15) is 0 Å². The van der Waals surface area contributed by atoms with Crippen LogP contribution in [0.15, 0.2) is 12.7 Å². The Hall–Kier alpha value is -0.790. The molecule has 0 saturated carbocycles. The molecule has 0 aromatic rings. The van der Waals surface area contributed by atoms with Gasteiger partial charge in [0.2, 0.25) is 0 Å². The van der Waals surface area contributed by atoms with Gasteiger partial charge in [-0.1, -0.05) is 26.8 Å². The molecule has 0 saturated heterocycles. The lowest BCUT2D eigenvalue weighted by molar-refractivity contribution is -0.153. The van der Waals surface area contributed by atoms with Crippen molar-refractivity contribution in [1.82, 2.24) is 0 Å². The maximum absolute atomic E-state index is 11.5. The fourth-order valence-corrected chi connectivity index (χ4v) is 1.37. The summed E-state index contributed by atoms with van der Waals surface area (Å²) in [4.78, 5) is 11.5. The number of rotatable bonds is 6. The van der Waals surface area contributed by atoms with Gasteiger partial charge in [-0.25, -0.2) is 0 Å². The van der Waals surface area contributed by atoms with Gasteiger partial charge in [-0.15, -0.1) is 6.58 Å². The first kappa shape index (κ1) is 13.2. The molecule has 0 heterocycles. The molecule has 2 heteroatoms.